The van der Waals surface area contributed by atoms with Crippen LogP contribution in [0.5, 0.6) is 0 Å². The van der Waals surface area contributed by atoms with Crippen LogP contribution in [0, 0.1) is 0 Å². The van der Waals surface area contributed by atoms with Crippen molar-refractivity contribution >= 4 is 10.8 Å². The van der Waals surface area contributed by atoms with E-state index in [-0.39, 0.29) is 0 Å². The van der Waals surface area contributed by atoms with E-state index in [1.807, 2.05) is 29.1 Å². The van der Waals surface area contributed by atoms with Crippen LogP contribution in [0.2, 0.25) is 0 Å². The Bertz CT molecular complexity index is 892. The van der Waals surface area contributed by atoms with Crippen LogP contribution in [0.3, 0.4) is 0 Å². The molecule has 0 saturated heterocycles. The van der Waals surface area contributed by atoms with Crippen LogP contribution < -0.4 is 0 Å². The zero-order chi connectivity index (χ0) is 14.1. The van der Waals surface area contributed by atoms with Gasteiger partial charge in [-0.05, 0) is 35.0 Å². The van der Waals surface area contributed by atoms with Crippen LogP contribution >= 0.6 is 0 Å². The molecule has 3 aromatic carbocycles. The van der Waals surface area contributed by atoms with Crippen LogP contribution in [0.15, 0.2) is 85.1 Å². The number of nitrogens with zero attached hydrogens (tertiary/aromatic N) is 2. The van der Waals surface area contributed by atoms with Gasteiger partial charge in [0.2, 0.25) is 0 Å². The van der Waals surface area contributed by atoms with E-state index in [4.69, 9.17) is 0 Å². The van der Waals surface area contributed by atoms with Crippen LogP contribution in [0.4, 0.5) is 0 Å². The number of hydrogen-bond acceptors (Lipinski definition) is 1. The highest BCUT2D eigenvalue weighted by Crippen LogP contribution is 2.23. The van der Waals surface area contributed by atoms with E-state index in [2.05, 4.69) is 65.8 Å². The van der Waals surface area contributed by atoms with Gasteiger partial charge in [-0.25, -0.2) is 4.68 Å². The Morgan fingerprint density at radius 3 is 2.29 bits per heavy atom. The molecular weight excluding hydrogens is 256 g/mol. The maximum atomic E-state index is 4.67. The summed E-state index contributed by atoms with van der Waals surface area (Å²) in [5.74, 6) is 0. The SMILES string of the molecule is c1ccc(-n2ccc(-c3ccc4ccccc4c3)n2)cc1. The minimum Gasteiger partial charge on any atom is -0.240 e. The Labute approximate surface area is 123 Å². The maximum Gasteiger partial charge on any atom is 0.0927 e. The van der Waals surface area contributed by atoms with Crippen molar-refractivity contribution in [3.63, 3.8) is 0 Å². The molecule has 0 N–H and O–H groups in total. The number of aromatic nitrogens is 2. The van der Waals surface area contributed by atoms with Gasteiger partial charge in [0.1, 0.15) is 0 Å². The third-order valence-electron chi connectivity index (χ3n) is 3.66. The first kappa shape index (κ1) is 11.9. The molecule has 1 aromatic heterocycles. The molecule has 0 amide bonds. The third-order valence-corrected chi connectivity index (χ3v) is 3.66. The van der Waals surface area contributed by atoms with E-state index in [0.29, 0.717) is 0 Å². The molecule has 0 aliphatic carbocycles. The fourth-order valence-electron chi connectivity index (χ4n) is 2.55. The molecule has 2 nitrogen and oxygen atoms in total. The Kier molecular flexibility index (Phi) is 2.79. The molecule has 0 fully saturated rings. The lowest BCUT2D eigenvalue weighted by Gasteiger charge is -2.02. The lowest BCUT2D eigenvalue weighted by molar-refractivity contribution is 0.884. The van der Waals surface area contributed by atoms with Gasteiger partial charge in [-0.1, -0.05) is 54.6 Å². The van der Waals surface area contributed by atoms with Gasteiger partial charge in [-0.3, -0.25) is 0 Å². The molecule has 21 heavy (non-hydrogen) atoms. The van der Waals surface area contributed by atoms with E-state index in [1.54, 1.807) is 0 Å². The Hall–Kier alpha value is -2.87. The van der Waals surface area contributed by atoms with Crippen molar-refractivity contribution in [1.82, 2.24) is 9.78 Å². The average molecular weight is 270 g/mol. The molecule has 0 aliphatic heterocycles. The number of benzene rings is 3. The lowest BCUT2D eigenvalue weighted by Crippen LogP contribution is -1.94. The Morgan fingerprint density at radius 2 is 1.43 bits per heavy atom. The van der Waals surface area contributed by atoms with Crippen molar-refractivity contribution in [3.8, 4) is 16.9 Å². The number of hydrogen-bond donors (Lipinski definition) is 0. The molecule has 4 rings (SSSR count). The topological polar surface area (TPSA) is 17.8 Å². The van der Waals surface area contributed by atoms with Gasteiger partial charge in [-0.2, -0.15) is 5.10 Å². The molecule has 4 aromatic rings. The molecule has 0 radical (unpaired) electrons. The fraction of sp³-hybridized carbons (Fsp3) is 0. The quantitative estimate of drug-likeness (QED) is 0.516. The van der Waals surface area contributed by atoms with Crippen molar-refractivity contribution < 1.29 is 0 Å². The highest BCUT2D eigenvalue weighted by Gasteiger charge is 2.04. The fourth-order valence-corrected chi connectivity index (χ4v) is 2.55. The van der Waals surface area contributed by atoms with Gasteiger partial charge >= 0.3 is 0 Å². The Morgan fingerprint density at radius 1 is 0.667 bits per heavy atom. The van der Waals surface area contributed by atoms with Gasteiger partial charge in [0.15, 0.2) is 0 Å². The molecule has 0 aliphatic rings. The van der Waals surface area contributed by atoms with E-state index in [9.17, 15) is 0 Å². The smallest absolute Gasteiger partial charge is 0.0927 e. The van der Waals surface area contributed by atoms with Crippen molar-refractivity contribution in [2.24, 2.45) is 0 Å². The van der Waals surface area contributed by atoms with E-state index in [1.165, 1.54) is 10.8 Å². The van der Waals surface area contributed by atoms with Gasteiger partial charge in [-0.15, -0.1) is 0 Å². The van der Waals surface area contributed by atoms with E-state index < -0.39 is 0 Å². The molecule has 0 spiro atoms. The summed E-state index contributed by atoms with van der Waals surface area (Å²) >= 11 is 0. The largest absolute Gasteiger partial charge is 0.240 e. The van der Waals surface area contributed by atoms with Crippen molar-refractivity contribution in [2.45, 2.75) is 0 Å². The van der Waals surface area contributed by atoms with Crippen LogP contribution in [-0.2, 0) is 0 Å². The van der Waals surface area contributed by atoms with Crippen LogP contribution in [0.25, 0.3) is 27.7 Å². The van der Waals surface area contributed by atoms with Crippen molar-refractivity contribution in [3.05, 3.63) is 85.1 Å². The predicted octanol–water partition coefficient (Wildman–Crippen LogP) is 4.69. The third kappa shape index (κ3) is 2.21. The average Bonchev–Trinajstić information content (AvgIpc) is 3.05. The summed E-state index contributed by atoms with van der Waals surface area (Å²) in [6.45, 7) is 0. The monoisotopic (exact) mass is 270 g/mol. The highest BCUT2D eigenvalue weighted by atomic mass is 15.3. The summed E-state index contributed by atoms with van der Waals surface area (Å²) in [5, 5.41) is 7.17. The summed E-state index contributed by atoms with van der Waals surface area (Å²) < 4.78 is 1.91. The van der Waals surface area contributed by atoms with E-state index in [0.717, 1.165) is 16.9 Å². The summed E-state index contributed by atoms with van der Waals surface area (Å²) in [5.41, 5.74) is 3.21. The number of para-hydroxylation sites is 1. The molecule has 1 heterocycles. The lowest BCUT2D eigenvalue weighted by atomic mass is 10.1. The summed E-state index contributed by atoms with van der Waals surface area (Å²) in [7, 11) is 0. The molecule has 0 atom stereocenters. The van der Waals surface area contributed by atoms with Gasteiger partial charge in [0.05, 0.1) is 11.4 Å². The summed E-state index contributed by atoms with van der Waals surface area (Å²) in [4.78, 5) is 0. The maximum absolute atomic E-state index is 4.67. The zero-order valence-electron chi connectivity index (χ0n) is 11.5. The molecule has 0 unspecified atom stereocenters. The number of rotatable bonds is 2. The first-order valence-electron chi connectivity index (χ1n) is 7.00. The van der Waals surface area contributed by atoms with Gasteiger partial charge in [0.25, 0.3) is 0 Å². The molecular formula is C19H14N2. The minimum atomic E-state index is 0.990. The second-order valence-electron chi connectivity index (χ2n) is 5.04. The van der Waals surface area contributed by atoms with Gasteiger partial charge < -0.3 is 0 Å². The summed E-state index contributed by atoms with van der Waals surface area (Å²) in [6.07, 6.45) is 2.00. The minimum absolute atomic E-state index is 0.990. The molecule has 0 bridgehead atoms. The molecule has 0 saturated carbocycles. The van der Waals surface area contributed by atoms with Crippen molar-refractivity contribution in [2.75, 3.05) is 0 Å². The predicted molar refractivity (Wildman–Crippen MR) is 86.5 cm³/mol. The Balaban J connectivity index is 1.77. The second kappa shape index (κ2) is 4.91. The van der Waals surface area contributed by atoms with Gasteiger partial charge in [0, 0.05) is 11.8 Å². The zero-order valence-corrected chi connectivity index (χ0v) is 11.5. The van der Waals surface area contributed by atoms with E-state index >= 15 is 0 Å². The van der Waals surface area contributed by atoms with Crippen LogP contribution in [0.1, 0.15) is 0 Å². The number of fused-ring (bicyclic) bond motifs is 1. The van der Waals surface area contributed by atoms with Crippen molar-refractivity contribution in [1.29, 1.82) is 0 Å². The second-order valence-corrected chi connectivity index (χ2v) is 5.04. The highest BCUT2D eigenvalue weighted by molar-refractivity contribution is 5.86. The van der Waals surface area contributed by atoms with Crippen LogP contribution in [-0.4, -0.2) is 9.78 Å². The standard InChI is InChI=1S/C19H14N2/c1-2-8-18(9-3-1)21-13-12-19(20-21)17-11-10-15-6-4-5-7-16(15)14-17/h1-14H. The first-order chi connectivity index (χ1) is 10.4. The molecule has 100 valence electrons. The normalized spacial score (nSPS) is 10.9. The first-order valence-corrected chi connectivity index (χ1v) is 7.00. The molecule has 2 heteroatoms. The summed E-state index contributed by atoms with van der Waals surface area (Å²) in [6, 6.07) is 27.1.